The van der Waals surface area contributed by atoms with Crippen LogP contribution in [0.1, 0.15) is 90.4 Å². The molecule has 0 aliphatic carbocycles. The van der Waals surface area contributed by atoms with E-state index in [0.29, 0.717) is 6.61 Å². The largest absolute Gasteiger partial charge is 0.394 e. The van der Waals surface area contributed by atoms with E-state index in [0.717, 1.165) is 12.8 Å². The average molecular weight is 401 g/mol. The van der Waals surface area contributed by atoms with Crippen molar-refractivity contribution >= 4 is 0 Å². The molecule has 166 valence electrons. The molecule has 1 saturated heterocycles. The van der Waals surface area contributed by atoms with Gasteiger partial charge in [0.2, 0.25) is 0 Å². The molecule has 0 saturated carbocycles. The minimum atomic E-state index is -1.00. The van der Waals surface area contributed by atoms with E-state index in [1.807, 2.05) is 0 Å². The van der Waals surface area contributed by atoms with Crippen molar-refractivity contribution in [3.63, 3.8) is 0 Å². The number of ether oxygens (including phenoxy) is 2. The normalized spacial score (nSPS) is 23.6. The van der Waals surface area contributed by atoms with Crippen molar-refractivity contribution < 1.29 is 24.8 Å². The molecule has 1 rings (SSSR count). The Bertz CT molecular complexity index is 374. The molecule has 0 aromatic rings. The molecule has 5 heteroatoms. The zero-order chi connectivity index (χ0) is 20.5. The van der Waals surface area contributed by atoms with Crippen LogP contribution in [0.5, 0.6) is 0 Å². The molecule has 4 atom stereocenters. The Labute approximate surface area is 172 Å². The summed E-state index contributed by atoms with van der Waals surface area (Å²) in [4.78, 5) is 0. The molecule has 1 aliphatic heterocycles. The van der Waals surface area contributed by atoms with Gasteiger partial charge in [-0.05, 0) is 32.1 Å². The lowest BCUT2D eigenvalue weighted by atomic mass is 10.1. The molecule has 0 unspecified atom stereocenters. The zero-order valence-corrected chi connectivity index (χ0v) is 17.9. The van der Waals surface area contributed by atoms with Gasteiger partial charge in [-0.15, -0.1) is 0 Å². The number of hydrogen-bond donors (Lipinski definition) is 3. The SMILES string of the molecule is CCCCCCCC/C=C/CCCCCCCO[C@H]1[C@@H]([C@H](O)CO)OC[C@@H]1O. The maximum Gasteiger partial charge on any atom is 0.114 e. The fourth-order valence-electron chi connectivity index (χ4n) is 3.65. The summed E-state index contributed by atoms with van der Waals surface area (Å²) in [5.74, 6) is 0. The van der Waals surface area contributed by atoms with Gasteiger partial charge in [0.05, 0.1) is 13.2 Å². The summed E-state index contributed by atoms with van der Waals surface area (Å²) in [5.41, 5.74) is 0. The van der Waals surface area contributed by atoms with Gasteiger partial charge in [-0.25, -0.2) is 0 Å². The van der Waals surface area contributed by atoms with Crippen LogP contribution in [0, 0.1) is 0 Å². The first-order chi connectivity index (χ1) is 13.7. The highest BCUT2D eigenvalue weighted by Gasteiger charge is 2.40. The van der Waals surface area contributed by atoms with E-state index in [1.54, 1.807) is 0 Å². The first-order valence-corrected chi connectivity index (χ1v) is 11.6. The van der Waals surface area contributed by atoms with Crippen molar-refractivity contribution in [1.82, 2.24) is 0 Å². The lowest BCUT2D eigenvalue weighted by molar-refractivity contribution is -0.0938. The van der Waals surface area contributed by atoms with Crippen molar-refractivity contribution in [3.8, 4) is 0 Å². The summed E-state index contributed by atoms with van der Waals surface area (Å²) in [6, 6.07) is 0. The predicted octanol–water partition coefficient (Wildman–Crippen LogP) is 4.13. The maximum absolute atomic E-state index is 9.88. The summed E-state index contributed by atoms with van der Waals surface area (Å²) >= 11 is 0. The van der Waals surface area contributed by atoms with Gasteiger partial charge < -0.3 is 24.8 Å². The van der Waals surface area contributed by atoms with Crippen LogP contribution >= 0.6 is 0 Å². The molecule has 1 fully saturated rings. The molecule has 0 radical (unpaired) electrons. The van der Waals surface area contributed by atoms with E-state index < -0.39 is 24.4 Å². The molecule has 0 bridgehead atoms. The molecule has 1 aliphatic rings. The third kappa shape index (κ3) is 11.5. The fraction of sp³-hybridized carbons (Fsp3) is 0.913. The molecule has 0 amide bonds. The third-order valence-electron chi connectivity index (χ3n) is 5.45. The summed E-state index contributed by atoms with van der Waals surface area (Å²) in [7, 11) is 0. The highest BCUT2D eigenvalue weighted by atomic mass is 16.6. The molecule has 5 nitrogen and oxygen atoms in total. The highest BCUT2D eigenvalue weighted by Crippen LogP contribution is 2.21. The van der Waals surface area contributed by atoms with Crippen LogP contribution < -0.4 is 0 Å². The molecule has 1 heterocycles. The van der Waals surface area contributed by atoms with Crippen LogP contribution in [0.3, 0.4) is 0 Å². The number of unbranched alkanes of at least 4 members (excludes halogenated alkanes) is 11. The number of hydrogen-bond acceptors (Lipinski definition) is 5. The third-order valence-corrected chi connectivity index (χ3v) is 5.45. The second-order valence-corrected chi connectivity index (χ2v) is 8.03. The summed E-state index contributed by atoms with van der Waals surface area (Å²) < 4.78 is 11.0. The van der Waals surface area contributed by atoms with Gasteiger partial charge in [-0.2, -0.15) is 0 Å². The lowest BCUT2D eigenvalue weighted by Crippen LogP contribution is -2.42. The monoisotopic (exact) mass is 400 g/mol. The zero-order valence-electron chi connectivity index (χ0n) is 17.9. The Balaban J connectivity index is 1.89. The van der Waals surface area contributed by atoms with Crippen molar-refractivity contribution in [2.45, 2.75) is 115 Å². The Kier molecular flexibility index (Phi) is 15.9. The first-order valence-electron chi connectivity index (χ1n) is 11.6. The van der Waals surface area contributed by atoms with Crippen molar-refractivity contribution in [3.05, 3.63) is 12.2 Å². The minimum Gasteiger partial charge on any atom is -0.394 e. The van der Waals surface area contributed by atoms with Gasteiger partial charge in [0.15, 0.2) is 0 Å². The van der Waals surface area contributed by atoms with E-state index in [-0.39, 0.29) is 13.2 Å². The number of aliphatic hydroxyl groups is 3. The lowest BCUT2D eigenvalue weighted by Gasteiger charge is -2.23. The summed E-state index contributed by atoms with van der Waals surface area (Å²) in [5, 5.41) is 28.6. The number of aliphatic hydroxyl groups excluding tert-OH is 3. The molecular formula is C23H44O5. The summed E-state index contributed by atoms with van der Waals surface area (Å²) in [6.07, 6.45) is 18.1. The number of rotatable bonds is 18. The molecule has 0 spiro atoms. The minimum absolute atomic E-state index is 0.152. The van der Waals surface area contributed by atoms with E-state index in [1.165, 1.54) is 70.6 Å². The van der Waals surface area contributed by atoms with Gasteiger partial charge in [0.1, 0.15) is 24.4 Å². The van der Waals surface area contributed by atoms with E-state index >= 15 is 0 Å². The highest BCUT2D eigenvalue weighted by molar-refractivity contribution is 4.89. The smallest absolute Gasteiger partial charge is 0.114 e. The fourth-order valence-corrected chi connectivity index (χ4v) is 3.65. The molecule has 0 aromatic carbocycles. The first kappa shape index (κ1) is 25.6. The van der Waals surface area contributed by atoms with Crippen LogP contribution in [0.2, 0.25) is 0 Å². The predicted molar refractivity (Wildman–Crippen MR) is 113 cm³/mol. The van der Waals surface area contributed by atoms with Crippen molar-refractivity contribution in [2.75, 3.05) is 19.8 Å². The van der Waals surface area contributed by atoms with Gasteiger partial charge in [0.25, 0.3) is 0 Å². The van der Waals surface area contributed by atoms with Gasteiger partial charge in [0, 0.05) is 6.61 Å². The van der Waals surface area contributed by atoms with E-state index in [9.17, 15) is 10.2 Å². The maximum atomic E-state index is 9.88. The Hall–Kier alpha value is -0.460. The number of allylic oxidation sites excluding steroid dienone is 2. The van der Waals surface area contributed by atoms with Crippen LogP contribution in [0.4, 0.5) is 0 Å². The quantitative estimate of drug-likeness (QED) is 0.238. The second kappa shape index (κ2) is 17.4. The van der Waals surface area contributed by atoms with Crippen molar-refractivity contribution in [2.24, 2.45) is 0 Å². The topological polar surface area (TPSA) is 79.2 Å². The van der Waals surface area contributed by atoms with Crippen LogP contribution in [0.25, 0.3) is 0 Å². The Morgan fingerprint density at radius 3 is 2.11 bits per heavy atom. The standard InChI is InChI=1S/C23H44O5/c1-2-3-4-5-6-7-8-9-10-11-12-13-14-15-16-17-27-23-21(26)19-28-22(23)20(25)18-24/h9-10,20-26H,2-8,11-19H2,1H3/b10-9+/t20-,21+,22-,23-/m1/s1. The van der Waals surface area contributed by atoms with Gasteiger partial charge >= 0.3 is 0 Å². The average Bonchev–Trinajstić information content (AvgIpc) is 3.07. The molecule has 0 aromatic heterocycles. The van der Waals surface area contributed by atoms with Gasteiger partial charge in [-0.1, -0.05) is 70.4 Å². The second-order valence-electron chi connectivity index (χ2n) is 8.03. The Morgan fingerprint density at radius 1 is 0.929 bits per heavy atom. The van der Waals surface area contributed by atoms with Crippen LogP contribution in [-0.4, -0.2) is 59.6 Å². The van der Waals surface area contributed by atoms with Crippen LogP contribution in [-0.2, 0) is 9.47 Å². The molecular weight excluding hydrogens is 356 g/mol. The molecule has 28 heavy (non-hydrogen) atoms. The van der Waals surface area contributed by atoms with Crippen LogP contribution in [0.15, 0.2) is 12.2 Å². The van der Waals surface area contributed by atoms with E-state index in [4.69, 9.17) is 14.6 Å². The Morgan fingerprint density at radius 2 is 1.50 bits per heavy atom. The van der Waals surface area contributed by atoms with Crippen molar-refractivity contribution in [1.29, 1.82) is 0 Å². The molecule has 3 N–H and O–H groups in total. The van der Waals surface area contributed by atoms with E-state index in [2.05, 4.69) is 19.1 Å². The van der Waals surface area contributed by atoms with Gasteiger partial charge in [-0.3, -0.25) is 0 Å². The summed E-state index contributed by atoms with van der Waals surface area (Å²) in [6.45, 7) is 2.58.